The van der Waals surface area contributed by atoms with E-state index in [1.165, 1.54) is 30.0 Å². The van der Waals surface area contributed by atoms with Crippen molar-refractivity contribution >= 4 is 27.1 Å². The summed E-state index contributed by atoms with van der Waals surface area (Å²) in [6, 6.07) is 22.5. The molecule has 0 bridgehead atoms. The van der Waals surface area contributed by atoms with Crippen molar-refractivity contribution in [3.05, 3.63) is 94.5 Å². The first-order valence-corrected chi connectivity index (χ1v) is 11.8. The molecule has 0 radical (unpaired) electrons. The van der Waals surface area contributed by atoms with E-state index in [9.17, 15) is 18.5 Å². The molecule has 3 aromatic carbocycles. The van der Waals surface area contributed by atoms with Crippen LogP contribution in [0, 0.1) is 10.1 Å². The second kappa shape index (κ2) is 9.37. The van der Waals surface area contributed by atoms with Crippen LogP contribution in [0.15, 0.2) is 83.8 Å². The number of nitrogens with one attached hydrogen (secondary N) is 1. The topological polar surface area (TPSA) is 95.8 Å². The molecule has 0 aliphatic carbocycles. The van der Waals surface area contributed by atoms with Crippen molar-refractivity contribution in [2.75, 3.05) is 35.8 Å². The number of anilines is 2. The lowest BCUT2D eigenvalue weighted by Gasteiger charge is -2.36. The van der Waals surface area contributed by atoms with Gasteiger partial charge in [-0.15, -0.1) is 0 Å². The Morgan fingerprint density at radius 3 is 2.06 bits per heavy atom. The van der Waals surface area contributed by atoms with Crippen LogP contribution in [0.4, 0.5) is 17.1 Å². The standard InChI is InChI=1S/C23H24N4O4S/c28-27(29)22-10-12-23(13-11-22)32(30,31)24-20-8-6-19(7-9-20)18-25-14-16-26(17-15-25)21-4-2-1-3-5-21/h1-13,24H,14-18H2. The molecule has 0 amide bonds. The van der Waals surface area contributed by atoms with Crippen molar-refractivity contribution in [1.29, 1.82) is 0 Å². The summed E-state index contributed by atoms with van der Waals surface area (Å²) < 4.78 is 27.6. The summed E-state index contributed by atoms with van der Waals surface area (Å²) in [4.78, 5) is 14.9. The van der Waals surface area contributed by atoms with Gasteiger partial charge >= 0.3 is 0 Å². The van der Waals surface area contributed by atoms with Gasteiger partial charge < -0.3 is 4.90 Å². The first kappa shape index (κ1) is 21.8. The maximum atomic E-state index is 12.5. The van der Waals surface area contributed by atoms with Crippen LogP contribution in [0.3, 0.4) is 0 Å². The van der Waals surface area contributed by atoms with Gasteiger partial charge in [0.25, 0.3) is 15.7 Å². The van der Waals surface area contributed by atoms with Crippen LogP contribution in [-0.4, -0.2) is 44.4 Å². The molecule has 1 fully saturated rings. The molecule has 0 unspecified atom stereocenters. The maximum absolute atomic E-state index is 12.5. The molecule has 32 heavy (non-hydrogen) atoms. The first-order valence-electron chi connectivity index (χ1n) is 10.3. The van der Waals surface area contributed by atoms with Gasteiger partial charge in [-0.3, -0.25) is 19.7 Å². The van der Waals surface area contributed by atoms with E-state index in [4.69, 9.17) is 0 Å². The molecule has 1 heterocycles. The fraction of sp³-hybridized carbons (Fsp3) is 0.217. The van der Waals surface area contributed by atoms with Gasteiger partial charge in [-0.25, -0.2) is 8.42 Å². The van der Waals surface area contributed by atoms with Gasteiger partial charge in [0, 0.05) is 56.2 Å². The zero-order valence-electron chi connectivity index (χ0n) is 17.4. The zero-order valence-corrected chi connectivity index (χ0v) is 18.2. The van der Waals surface area contributed by atoms with Gasteiger partial charge in [0.15, 0.2) is 0 Å². The highest BCUT2D eigenvalue weighted by atomic mass is 32.2. The molecule has 1 aliphatic heterocycles. The summed E-state index contributed by atoms with van der Waals surface area (Å²) in [5.74, 6) is 0. The molecule has 0 saturated carbocycles. The number of nitrogens with zero attached hydrogens (tertiary/aromatic N) is 3. The summed E-state index contributed by atoms with van der Waals surface area (Å²) in [6.07, 6.45) is 0. The Morgan fingerprint density at radius 2 is 1.47 bits per heavy atom. The minimum absolute atomic E-state index is 0.0246. The van der Waals surface area contributed by atoms with Crippen LogP contribution in [0.1, 0.15) is 5.56 Å². The number of para-hydroxylation sites is 1. The number of piperazine rings is 1. The van der Waals surface area contributed by atoms with E-state index in [2.05, 4.69) is 38.8 Å². The van der Waals surface area contributed by atoms with Crippen LogP contribution in [0.25, 0.3) is 0 Å². The Morgan fingerprint density at radius 1 is 0.844 bits per heavy atom. The summed E-state index contributed by atoms with van der Waals surface area (Å²) in [7, 11) is -3.82. The highest BCUT2D eigenvalue weighted by Crippen LogP contribution is 2.21. The summed E-state index contributed by atoms with van der Waals surface area (Å²) in [5.41, 5.74) is 2.65. The van der Waals surface area contributed by atoms with E-state index in [0.29, 0.717) is 5.69 Å². The lowest BCUT2D eigenvalue weighted by Crippen LogP contribution is -2.45. The Balaban J connectivity index is 1.33. The molecule has 4 rings (SSSR count). The lowest BCUT2D eigenvalue weighted by molar-refractivity contribution is -0.384. The van der Waals surface area contributed by atoms with Crippen LogP contribution in [-0.2, 0) is 16.6 Å². The van der Waals surface area contributed by atoms with E-state index in [1.807, 2.05) is 18.2 Å². The Hall–Kier alpha value is -3.43. The van der Waals surface area contributed by atoms with Crippen molar-refractivity contribution < 1.29 is 13.3 Å². The SMILES string of the molecule is O=[N+]([O-])c1ccc(S(=O)(=O)Nc2ccc(CN3CCN(c4ccccc4)CC3)cc2)cc1. The number of benzene rings is 3. The van der Waals surface area contributed by atoms with Crippen molar-refractivity contribution in [3.8, 4) is 0 Å². The normalized spacial score (nSPS) is 14.8. The lowest BCUT2D eigenvalue weighted by atomic mass is 10.1. The maximum Gasteiger partial charge on any atom is 0.269 e. The predicted octanol–water partition coefficient (Wildman–Crippen LogP) is 3.72. The number of nitro groups is 1. The molecule has 0 atom stereocenters. The van der Waals surface area contributed by atoms with Gasteiger partial charge in [0.2, 0.25) is 0 Å². The van der Waals surface area contributed by atoms with E-state index < -0.39 is 14.9 Å². The van der Waals surface area contributed by atoms with Gasteiger partial charge in [0.05, 0.1) is 9.82 Å². The number of non-ortho nitro benzene ring substituents is 1. The van der Waals surface area contributed by atoms with Crippen molar-refractivity contribution in [1.82, 2.24) is 4.90 Å². The fourth-order valence-electron chi connectivity index (χ4n) is 3.70. The fourth-order valence-corrected chi connectivity index (χ4v) is 4.76. The molecule has 1 saturated heterocycles. The van der Waals surface area contributed by atoms with E-state index >= 15 is 0 Å². The minimum Gasteiger partial charge on any atom is -0.369 e. The number of nitro benzene ring substituents is 1. The second-order valence-corrected chi connectivity index (χ2v) is 9.33. The largest absolute Gasteiger partial charge is 0.369 e. The van der Waals surface area contributed by atoms with Gasteiger partial charge in [-0.05, 0) is 42.0 Å². The smallest absolute Gasteiger partial charge is 0.269 e. The van der Waals surface area contributed by atoms with Gasteiger partial charge in [-0.2, -0.15) is 0 Å². The molecule has 8 nitrogen and oxygen atoms in total. The van der Waals surface area contributed by atoms with Crippen LogP contribution < -0.4 is 9.62 Å². The molecule has 3 aromatic rings. The monoisotopic (exact) mass is 452 g/mol. The van der Waals surface area contributed by atoms with E-state index in [1.54, 1.807) is 12.1 Å². The number of hydrogen-bond donors (Lipinski definition) is 1. The van der Waals surface area contributed by atoms with Crippen molar-refractivity contribution in [2.45, 2.75) is 11.4 Å². The molecule has 1 N–H and O–H groups in total. The quantitative estimate of drug-likeness (QED) is 0.434. The average molecular weight is 453 g/mol. The minimum atomic E-state index is -3.82. The summed E-state index contributed by atoms with van der Waals surface area (Å²) in [6.45, 7) is 4.67. The number of hydrogen-bond acceptors (Lipinski definition) is 6. The second-order valence-electron chi connectivity index (χ2n) is 7.65. The van der Waals surface area contributed by atoms with Crippen LogP contribution in [0.5, 0.6) is 0 Å². The molecular formula is C23H24N4O4S. The molecule has 1 aliphatic rings. The van der Waals surface area contributed by atoms with E-state index in [-0.39, 0.29) is 10.6 Å². The molecule has 0 aromatic heterocycles. The molecule has 166 valence electrons. The van der Waals surface area contributed by atoms with Crippen molar-refractivity contribution in [2.24, 2.45) is 0 Å². The number of sulfonamides is 1. The molecule has 0 spiro atoms. The predicted molar refractivity (Wildman–Crippen MR) is 124 cm³/mol. The first-order chi connectivity index (χ1) is 15.4. The zero-order chi connectivity index (χ0) is 22.6. The Bertz CT molecular complexity index is 1160. The average Bonchev–Trinajstić information content (AvgIpc) is 2.81. The molecular weight excluding hydrogens is 428 g/mol. The van der Waals surface area contributed by atoms with Gasteiger partial charge in [-0.1, -0.05) is 30.3 Å². The van der Waals surface area contributed by atoms with Crippen LogP contribution in [0.2, 0.25) is 0 Å². The Kier molecular flexibility index (Phi) is 6.38. The number of rotatable bonds is 7. The Labute approximate surface area is 187 Å². The molecule has 9 heteroatoms. The third-order valence-corrected chi connectivity index (χ3v) is 6.86. The van der Waals surface area contributed by atoms with Crippen molar-refractivity contribution in [3.63, 3.8) is 0 Å². The van der Waals surface area contributed by atoms with E-state index in [0.717, 1.165) is 38.3 Å². The summed E-state index contributed by atoms with van der Waals surface area (Å²) >= 11 is 0. The highest BCUT2D eigenvalue weighted by molar-refractivity contribution is 7.92. The third-order valence-electron chi connectivity index (χ3n) is 5.46. The van der Waals surface area contributed by atoms with Crippen LogP contribution >= 0.6 is 0 Å². The summed E-state index contributed by atoms with van der Waals surface area (Å²) in [5, 5.41) is 10.7. The third kappa shape index (κ3) is 5.24. The highest BCUT2D eigenvalue weighted by Gasteiger charge is 2.18. The van der Waals surface area contributed by atoms with Gasteiger partial charge in [0.1, 0.15) is 0 Å².